The van der Waals surface area contributed by atoms with Crippen LogP contribution in [0.3, 0.4) is 0 Å². The molecule has 0 unspecified atom stereocenters. The molecule has 110 valence electrons. The van der Waals surface area contributed by atoms with Crippen molar-refractivity contribution in [1.82, 2.24) is 0 Å². The quantitative estimate of drug-likeness (QED) is 0.859. The van der Waals surface area contributed by atoms with E-state index in [2.05, 4.69) is 45.6 Å². The smallest absolute Gasteiger partial charge is 0.243 e. The maximum absolute atomic E-state index is 12.1. The maximum Gasteiger partial charge on any atom is 0.243 e. The number of nitrogens with one attached hydrogen (secondary N) is 2. The van der Waals surface area contributed by atoms with E-state index >= 15 is 0 Å². The van der Waals surface area contributed by atoms with Crippen LogP contribution in [0.1, 0.15) is 16.7 Å². The summed E-state index contributed by atoms with van der Waals surface area (Å²) < 4.78 is 1.02. The SMILES string of the molecule is Cc1cc(C)c(NC(=O)CNc2ccc(Br)cc2)c(C)c1. The predicted molar refractivity (Wildman–Crippen MR) is 91.9 cm³/mol. The van der Waals surface area contributed by atoms with Crippen molar-refractivity contribution in [3.63, 3.8) is 0 Å². The van der Waals surface area contributed by atoms with E-state index in [-0.39, 0.29) is 12.5 Å². The molecule has 21 heavy (non-hydrogen) atoms. The summed E-state index contributed by atoms with van der Waals surface area (Å²) in [6.45, 7) is 6.32. The van der Waals surface area contributed by atoms with E-state index in [4.69, 9.17) is 0 Å². The molecule has 2 aromatic carbocycles. The Labute approximate surface area is 133 Å². The van der Waals surface area contributed by atoms with Crippen molar-refractivity contribution >= 4 is 33.2 Å². The number of carbonyl (C=O) groups is 1. The fourth-order valence-corrected chi connectivity index (χ4v) is 2.58. The molecular weight excluding hydrogens is 328 g/mol. The molecule has 0 spiro atoms. The fraction of sp³-hybridized carbons (Fsp3) is 0.235. The molecule has 1 amide bonds. The third-order valence-electron chi connectivity index (χ3n) is 3.24. The summed E-state index contributed by atoms with van der Waals surface area (Å²) in [6.07, 6.45) is 0. The summed E-state index contributed by atoms with van der Waals surface area (Å²) in [4.78, 5) is 12.1. The molecule has 0 radical (unpaired) electrons. The molecule has 2 rings (SSSR count). The molecule has 4 heteroatoms. The van der Waals surface area contributed by atoms with Crippen molar-refractivity contribution in [2.75, 3.05) is 17.2 Å². The average Bonchev–Trinajstić information content (AvgIpc) is 2.42. The molecular formula is C17H19BrN2O. The van der Waals surface area contributed by atoms with Crippen LogP contribution >= 0.6 is 15.9 Å². The van der Waals surface area contributed by atoms with Gasteiger partial charge in [-0.05, 0) is 56.2 Å². The van der Waals surface area contributed by atoms with Gasteiger partial charge in [0, 0.05) is 15.8 Å². The van der Waals surface area contributed by atoms with Gasteiger partial charge in [0.15, 0.2) is 0 Å². The Bertz CT molecular complexity index is 627. The summed E-state index contributed by atoms with van der Waals surface area (Å²) >= 11 is 3.38. The van der Waals surface area contributed by atoms with Gasteiger partial charge in [0.25, 0.3) is 0 Å². The standard InChI is InChI=1S/C17H19BrN2O/c1-11-8-12(2)17(13(3)9-11)20-16(21)10-19-15-6-4-14(18)5-7-15/h4-9,19H,10H2,1-3H3,(H,20,21). The number of anilines is 2. The van der Waals surface area contributed by atoms with E-state index in [9.17, 15) is 4.79 Å². The van der Waals surface area contributed by atoms with E-state index in [1.165, 1.54) is 5.56 Å². The second kappa shape index (κ2) is 6.76. The van der Waals surface area contributed by atoms with Gasteiger partial charge in [-0.3, -0.25) is 4.79 Å². The Balaban J connectivity index is 1.97. The van der Waals surface area contributed by atoms with Crippen LogP contribution in [-0.2, 0) is 4.79 Å². The number of benzene rings is 2. The Morgan fingerprint density at radius 1 is 1.05 bits per heavy atom. The highest BCUT2D eigenvalue weighted by atomic mass is 79.9. The van der Waals surface area contributed by atoms with Gasteiger partial charge in [0.05, 0.1) is 6.54 Å². The zero-order valence-electron chi connectivity index (χ0n) is 12.5. The summed E-state index contributed by atoms with van der Waals surface area (Å²) in [5.74, 6) is -0.0482. The molecule has 2 N–H and O–H groups in total. The van der Waals surface area contributed by atoms with E-state index in [1.54, 1.807) is 0 Å². The Hall–Kier alpha value is -1.81. The summed E-state index contributed by atoms with van der Waals surface area (Å²) in [6, 6.07) is 11.9. The molecule has 0 bridgehead atoms. The predicted octanol–water partition coefficient (Wildman–Crippen LogP) is 4.42. The lowest BCUT2D eigenvalue weighted by atomic mass is 10.1. The fourth-order valence-electron chi connectivity index (χ4n) is 2.31. The average molecular weight is 347 g/mol. The van der Waals surface area contributed by atoms with Crippen LogP contribution in [0.25, 0.3) is 0 Å². The highest BCUT2D eigenvalue weighted by Gasteiger charge is 2.08. The van der Waals surface area contributed by atoms with Crippen molar-refractivity contribution < 1.29 is 4.79 Å². The molecule has 0 atom stereocenters. The minimum atomic E-state index is -0.0482. The van der Waals surface area contributed by atoms with Crippen LogP contribution in [0.5, 0.6) is 0 Å². The lowest BCUT2D eigenvalue weighted by molar-refractivity contribution is -0.114. The van der Waals surface area contributed by atoms with Crippen molar-refractivity contribution in [3.05, 3.63) is 57.6 Å². The number of aryl methyl sites for hydroxylation is 3. The number of hydrogen-bond donors (Lipinski definition) is 2. The number of amides is 1. The highest BCUT2D eigenvalue weighted by molar-refractivity contribution is 9.10. The minimum Gasteiger partial charge on any atom is -0.376 e. The maximum atomic E-state index is 12.1. The van der Waals surface area contributed by atoms with Crippen LogP contribution in [-0.4, -0.2) is 12.5 Å². The monoisotopic (exact) mass is 346 g/mol. The Morgan fingerprint density at radius 3 is 2.19 bits per heavy atom. The van der Waals surface area contributed by atoms with E-state index in [0.29, 0.717) is 0 Å². The van der Waals surface area contributed by atoms with Gasteiger partial charge in [0.2, 0.25) is 5.91 Å². The van der Waals surface area contributed by atoms with Gasteiger partial charge in [-0.2, -0.15) is 0 Å². The van der Waals surface area contributed by atoms with Crippen molar-refractivity contribution in [2.45, 2.75) is 20.8 Å². The third-order valence-corrected chi connectivity index (χ3v) is 3.77. The molecule has 0 aliphatic rings. The first-order valence-electron chi connectivity index (χ1n) is 6.83. The summed E-state index contributed by atoms with van der Waals surface area (Å²) in [5.41, 5.74) is 5.21. The molecule has 0 aromatic heterocycles. The summed E-state index contributed by atoms with van der Waals surface area (Å²) in [5, 5.41) is 6.09. The van der Waals surface area contributed by atoms with Gasteiger partial charge in [-0.1, -0.05) is 33.6 Å². The first-order valence-corrected chi connectivity index (χ1v) is 7.62. The van der Waals surface area contributed by atoms with Gasteiger partial charge in [-0.25, -0.2) is 0 Å². The minimum absolute atomic E-state index is 0.0482. The van der Waals surface area contributed by atoms with E-state index < -0.39 is 0 Å². The lowest BCUT2D eigenvalue weighted by Gasteiger charge is -2.13. The molecule has 0 saturated heterocycles. The third kappa shape index (κ3) is 4.33. The topological polar surface area (TPSA) is 41.1 Å². The number of rotatable bonds is 4. The molecule has 0 saturated carbocycles. The van der Waals surface area contributed by atoms with E-state index in [0.717, 1.165) is 27.0 Å². The molecule has 3 nitrogen and oxygen atoms in total. The molecule has 2 aromatic rings. The summed E-state index contributed by atoms with van der Waals surface area (Å²) in [7, 11) is 0. The van der Waals surface area contributed by atoms with Crippen LogP contribution in [0.15, 0.2) is 40.9 Å². The van der Waals surface area contributed by atoms with Crippen LogP contribution in [0, 0.1) is 20.8 Å². The zero-order chi connectivity index (χ0) is 15.4. The first kappa shape index (κ1) is 15.6. The molecule has 0 fully saturated rings. The first-order chi connectivity index (χ1) is 9.95. The second-order valence-corrected chi connectivity index (χ2v) is 6.10. The van der Waals surface area contributed by atoms with Gasteiger partial charge in [-0.15, -0.1) is 0 Å². The largest absolute Gasteiger partial charge is 0.376 e. The van der Waals surface area contributed by atoms with Gasteiger partial charge in [0.1, 0.15) is 0 Å². The normalized spacial score (nSPS) is 10.3. The van der Waals surface area contributed by atoms with Crippen molar-refractivity contribution in [2.24, 2.45) is 0 Å². The van der Waals surface area contributed by atoms with Crippen LogP contribution in [0.4, 0.5) is 11.4 Å². The zero-order valence-corrected chi connectivity index (χ0v) is 14.0. The van der Waals surface area contributed by atoms with E-state index in [1.807, 2.05) is 38.1 Å². The molecule has 0 aliphatic carbocycles. The van der Waals surface area contributed by atoms with Crippen molar-refractivity contribution in [3.8, 4) is 0 Å². The number of hydrogen-bond acceptors (Lipinski definition) is 2. The van der Waals surface area contributed by atoms with Gasteiger partial charge >= 0.3 is 0 Å². The Morgan fingerprint density at radius 2 is 1.62 bits per heavy atom. The highest BCUT2D eigenvalue weighted by Crippen LogP contribution is 2.21. The molecule has 0 heterocycles. The van der Waals surface area contributed by atoms with Gasteiger partial charge < -0.3 is 10.6 Å². The molecule has 0 aliphatic heterocycles. The number of halogens is 1. The number of carbonyl (C=O) groups excluding carboxylic acids is 1. The second-order valence-electron chi connectivity index (χ2n) is 5.18. The van der Waals surface area contributed by atoms with Crippen LogP contribution < -0.4 is 10.6 Å². The van der Waals surface area contributed by atoms with Crippen molar-refractivity contribution in [1.29, 1.82) is 0 Å². The van der Waals surface area contributed by atoms with Crippen LogP contribution in [0.2, 0.25) is 0 Å². The Kier molecular flexibility index (Phi) is 5.02. The lowest BCUT2D eigenvalue weighted by Crippen LogP contribution is -2.22.